The lowest BCUT2D eigenvalue weighted by Crippen LogP contribution is -2.42. The zero-order valence-electron chi connectivity index (χ0n) is 12.7. The summed E-state index contributed by atoms with van der Waals surface area (Å²) in [6, 6.07) is 0. The van der Waals surface area contributed by atoms with Crippen molar-refractivity contribution < 1.29 is 14.7 Å². The lowest BCUT2D eigenvalue weighted by molar-refractivity contribution is -0.150. The predicted molar refractivity (Wildman–Crippen MR) is 79.6 cm³/mol. The summed E-state index contributed by atoms with van der Waals surface area (Å²) in [5, 5.41) is 9.30. The second kappa shape index (κ2) is 5.82. The Bertz CT molecular complexity index is 459. The molecule has 4 nitrogen and oxygen atoms in total. The normalized spacial score (nSPS) is 37.7. The van der Waals surface area contributed by atoms with Crippen molar-refractivity contribution in [3.05, 3.63) is 12.2 Å². The second-order valence-corrected chi connectivity index (χ2v) is 7.15. The van der Waals surface area contributed by atoms with E-state index in [-0.39, 0.29) is 11.8 Å². The van der Waals surface area contributed by atoms with Crippen molar-refractivity contribution in [1.29, 1.82) is 0 Å². The molecule has 3 aliphatic rings. The van der Waals surface area contributed by atoms with Crippen LogP contribution in [0.5, 0.6) is 0 Å². The Morgan fingerprint density at radius 3 is 2.43 bits per heavy atom. The molecule has 1 N–H and O–H groups in total. The molecular weight excluding hydrogens is 266 g/mol. The minimum absolute atomic E-state index is 0.0227. The molecule has 0 heterocycles. The van der Waals surface area contributed by atoms with Crippen molar-refractivity contribution in [2.24, 2.45) is 29.6 Å². The Labute approximate surface area is 126 Å². The zero-order valence-corrected chi connectivity index (χ0v) is 12.7. The maximum absolute atomic E-state index is 12.6. The standard InChI is InChI=1S/C17H25NO3/c1-18(10-13-9-11-6-7-12(13)8-11)16(19)14-4-2-3-5-15(14)17(20)21/h2-3,11-15H,4-10H2,1H3,(H,20,21). The predicted octanol–water partition coefficient (Wildman–Crippen LogP) is 2.55. The van der Waals surface area contributed by atoms with Crippen molar-refractivity contribution in [3.8, 4) is 0 Å². The molecule has 2 fully saturated rings. The number of nitrogens with zero attached hydrogens (tertiary/aromatic N) is 1. The third kappa shape index (κ3) is 2.85. The molecule has 0 aliphatic heterocycles. The second-order valence-electron chi connectivity index (χ2n) is 7.15. The highest BCUT2D eigenvalue weighted by Crippen LogP contribution is 2.48. The number of carbonyl (C=O) groups excluding carboxylic acids is 1. The van der Waals surface area contributed by atoms with Gasteiger partial charge in [0.2, 0.25) is 5.91 Å². The Kier molecular flexibility index (Phi) is 4.05. The van der Waals surface area contributed by atoms with Gasteiger partial charge in [0, 0.05) is 13.6 Å². The van der Waals surface area contributed by atoms with E-state index in [1.54, 1.807) is 0 Å². The number of hydrogen-bond donors (Lipinski definition) is 1. The summed E-state index contributed by atoms with van der Waals surface area (Å²) in [6.07, 6.45) is 10.2. The van der Waals surface area contributed by atoms with E-state index in [9.17, 15) is 14.7 Å². The SMILES string of the molecule is CN(CC1CC2CCC1C2)C(=O)C1CC=CCC1C(=O)O. The van der Waals surface area contributed by atoms with Crippen LogP contribution in [0.4, 0.5) is 0 Å². The van der Waals surface area contributed by atoms with Gasteiger partial charge in [-0.3, -0.25) is 9.59 Å². The lowest BCUT2D eigenvalue weighted by atomic mass is 9.81. The van der Waals surface area contributed by atoms with Crippen LogP contribution in [-0.4, -0.2) is 35.5 Å². The summed E-state index contributed by atoms with van der Waals surface area (Å²) >= 11 is 0. The van der Waals surface area contributed by atoms with Gasteiger partial charge >= 0.3 is 5.97 Å². The first-order chi connectivity index (χ1) is 10.1. The third-order valence-corrected chi connectivity index (χ3v) is 5.84. The van der Waals surface area contributed by atoms with E-state index >= 15 is 0 Å². The smallest absolute Gasteiger partial charge is 0.307 e. The number of carboxylic acid groups (broad SMARTS) is 1. The summed E-state index contributed by atoms with van der Waals surface area (Å²) < 4.78 is 0. The monoisotopic (exact) mass is 291 g/mol. The molecule has 2 saturated carbocycles. The average Bonchev–Trinajstić information content (AvgIpc) is 3.09. The van der Waals surface area contributed by atoms with E-state index in [0.717, 1.165) is 18.4 Å². The van der Waals surface area contributed by atoms with Crippen LogP contribution >= 0.6 is 0 Å². The van der Waals surface area contributed by atoms with Crippen LogP contribution < -0.4 is 0 Å². The molecule has 5 unspecified atom stereocenters. The molecule has 4 heteroatoms. The molecule has 2 bridgehead atoms. The van der Waals surface area contributed by atoms with Gasteiger partial charge in [-0.2, -0.15) is 0 Å². The zero-order chi connectivity index (χ0) is 15.0. The number of fused-ring (bicyclic) bond motifs is 2. The molecule has 0 radical (unpaired) electrons. The topological polar surface area (TPSA) is 57.6 Å². The van der Waals surface area contributed by atoms with E-state index in [2.05, 4.69) is 0 Å². The molecule has 3 aliphatic carbocycles. The van der Waals surface area contributed by atoms with Gasteiger partial charge in [0.25, 0.3) is 0 Å². The molecule has 21 heavy (non-hydrogen) atoms. The molecule has 116 valence electrons. The van der Waals surface area contributed by atoms with Crippen LogP contribution in [0.15, 0.2) is 12.2 Å². The molecule has 0 aromatic rings. The third-order valence-electron chi connectivity index (χ3n) is 5.84. The summed E-state index contributed by atoms with van der Waals surface area (Å²) in [4.78, 5) is 25.8. The van der Waals surface area contributed by atoms with Gasteiger partial charge in [-0.05, 0) is 49.9 Å². The molecule has 0 aromatic carbocycles. The minimum Gasteiger partial charge on any atom is -0.481 e. The lowest BCUT2D eigenvalue weighted by Gasteiger charge is -2.32. The van der Waals surface area contributed by atoms with Crippen molar-refractivity contribution in [1.82, 2.24) is 4.90 Å². The van der Waals surface area contributed by atoms with Gasteiger partial charge in [-0.25, -0.2) is 0 Å². The number of aliphatic carboxylic acids is 1. The van der Waals surface area contributed by atoms with Gasteiger partial charge in [0.1, 0.15) is 0 Å². The van der Waals surface area contributed by atoms with Crippen LogP contribution in [0.1, 0.15) is 38.5 Å². The first-order valence-electron chi connectivity index (χ1n) is 8.19. The van der Waals surface area contributed by atoms with Crippen LogP contribution in [0, 0.1) is 29.6 Å². The minimum atomic E-state index is -0.842. The van der Waals surface area contributed by atoms with E-state index in [0.29, 0.717) is 18.8 Å². The number of rotatable bonds is 4. The van der Waals surface area contributed by atoms with Gasteiger partial charge in [0.05, 0.1) is 11.8 Å². The summed E-state index contributed by atoms with van der Waals surface area (Å²) in [5.41, 5.74) is 0. The fourth-order valence-corrected chi connectivity index (χ4v) is 4.68. The van der Waals surface area contributed by atoms with Crippen LogP contribution in [0.3, 0.4) is 0 Å². The van der Waals surface area contributed by atoms with Crippen LogP contribution in [0.25, 0.3) is 0 Å². The fraction of sp³-hybridized carbons (Fsp3) is 0.765. The van der Waals surface area contributed by atoms with E-state index in [4.69, 9.17) is 0 Å². The first kappa shape index (κ1) is 14.6. The highest BCUT2D eigenvalue weighted by atomic mass is 16.4. The first-order valence-corrected chi connectivity index (χ1v) is 8.19. The van der Waals surface area contributed by atoms with Crippen molar-refractivity contribution in [3.63, 3.8) is 0 Å². The Morgan fingerprint density at radius 2 is 1.86 bits per heavy atom. The van der Waals surface area contributed by atoms with Crippen molar-refractivity contribution in [2.45, 2.75) is 38.5 Å². The number of hydrogen-bond acceptors (Lipinski definition) is 2. The van der Waals surface area contributed by atoms with Crippen molar-refractivity contribution in [2.75, 3.05) is 13.6 Å². The summed E-state index contributed by atoms with van der Waals surface area (Å²) in [5.74, 6) is 0.571. The maximum Gasteiger partial charge on any atom is 0.307 e. The van der Waals surface area contributed by atoms with Crippen LogP contribution in [-0.2, 0) is 9.59 Å². The highest BCUT2D eigenvalue weighted by molar-refractivity contribution is 5.85. The Hall–Kier alpha value is -1.32. The summed E-state index contributed by atoms with van der Waals surface area (Å²) in [6.45, 7) is 0.812. The average molecular weight is 291 g/mol. The quantitative estimate of drug-likeness (QED) is 0.810. The Morgan fingerprint density at radius 1 is 1.14 bits per heavy atom. The van der Waals surface area contributed by atoms with Crippen LogP contribution in [0.2, 0.25) is 0 Å². The fourth-order valence-electron chi connectivity index (χ4n) is 4.68. The molecule has 1 amide bonds. The molecule has 0 aromatic heterocycles. The van der Waals surface area contributed by atoms with Gasteiger partial charge in [-0.15, -0.1) is 0 Å². The maximum atomic E-state index is 12.6. The molecule has 0 saturated heterocycles. The van der Waals surface area contributed by atoms with E-state index in [1.165, 1.54) is 25.7 Å². The molecule has 0 spiro atoms. The number of carbonyl (C=O) groups is 2. The summed E-state index contributed by atoms with van der Waals surface area (Å²) in [7, 11) is 1.85. The van der Waals surface area contributed by atoms with Crippen molar-refractivity contribution >= 4 is 11.9 Å². The number of amides is 1. The Balaban J connectivity index is 1.61. The highest BCUT2D eigenvalue weighted by Gasteiger charge is 2.41. The number of carboxylic acids is 1. The molecule has 5 atom stereocenters. The van der Waals surface area contributed by atoms with E-state index < -0.39 is 11.9 Å². The van der Waals surface area contributed by atoms with E-state index in [1.807, 2.05) is 24.1 Å². The molecule has 3 rings (SSSR count). The van der Waals surface area contributed by atoms with Gasteiger partial charge < -0.3 is 10.0 Å². The van der Waals surface area contributed by atoms with Gasteiger partial charge in [-0.1, -0.05) is 18.6 Å². The largest absolute Gasteiger partial charge is 0.481 e. The van der Waals surface area contributed by atoms with Gasteiger partial charge in [0.15, 0.2) is 0 Å². The number of allylic oxidation sites excluding steroid dienone is 2. The molecular formula is C17H25NO3.